The zero-order valence-corrected chi connectivity index (χ0v) is 20.4. The standard InChI is InChI=1S/C25H24F6N2O6/c26-24(27,28)22(25(29,30)31)39-23(34)33-7-5-32(6-8-33)21(15-1-3-19-17(9-15)11-35-13-37-19)16-2-4-20-18(10-16)12-36-14-38-20/h1-4,9-10,21-22H,5-8,11-14H2. The fourth-order valence-corrected chi connectivity index (χ4v) is 4.83. The highest BCUT2D eigenvalue weighted by molar-refractivity contribution is 5.68. The highest BCUT2D eigenvalue weighted by atomic mass is 19.4. The van der Waals surface area contributed by atoms with Gasteiger partial charge in [0.05, 0.1) is 19.3 Å². The molecule has 1 amide bonds. The van der Waals surface area contributed by atoms with E-state index < -0.39 is 24.5 Å². The Morgan fingerprint density at radius 1 is 0.769 bits per heavy atom. The van der Waals surface area contributed by atoms with Crippen LogP contribution in [0.5, 0.6) is 11.5 Å². The average molecular weight is 562 g/mol. The van der Waals surface area contributed by atoms with Crippen molar-refractivity contribution < 1.29 is 54.8 Å². The molecule has 0 spiro atoms. The maximum absolute atomic E-state index is 12.9. The molecule has 212 valence electrons. The second-order valence-corrected chi connectivity index (χ2v) is 9.23. The van der Waals surface area contributed by atoms with Crippen molar-refractivity contribution in [3.05, 3.63) is 58.7 Å². The number of halogens is 6. The van der Waals surface area contributed by atoms with Crippen LogP contribution in [0.15, 0.2) is 36.4 Å². The smallest absolute Gasteiger partial charge is 0.434 e. The van der Waals surface area contributed by atoms with Crippen molar-refractivity contribution in [1.29, 1.82) is 0 Å². The zero-order chi connectivity index (χ0) is 27.8. The van der Waals surface area contributed by atoms with Crippen LogP contribution < -0.4 is 9.47 Å². The van der Waals surface area contributed by atoms with E-state index in [1.54, 1.807) is 0 Å². The van der Waals surface area contributed by atoms with Crippen molar-refractivity contribution in [1.82, 2.24) is 9.80 Å². The number of ether oxygens (including phenoxy) is 5. The topological polar surface area (TPSA) is 69.7 Å². The maximum Gasteiger partial charge on any atom is 0.434 e. The predicted octanol–water partition coefficient (Wildman–Crippen LogP) is 4.76. The Morgan fingerprint density at radius 2 is 1.26 bits per heavy atom. The van der Waals surface area contributed by atoms with Crippen LogP contribution in [0.4, 0.5) is 31.1 Å². The van der Waals surface area contributed by atoms with E-state index >= 15 is 0 Å². The first-order valence-corrected chi connectivity index (χ1v) is 12.0. The molecule has 0 saturated carbocycles. The maximum atomic E-state index is 12.9. The highest BCUT2D eigenvalue weighted by Gasteiger charge is 2.60. The summed E-state index contributed by atoms with van der Waals surface area (Å²) < 4.78 is 103. The third-order valence-electron chi connectivity index (χ3n) is 6.66. The van der Waals surface area contributed by atoms with Gasteiger partial charge < -0.3 is 28.6 Å². The summed E-state index contributed by atoms with van der Waals surface area (Å²) in [6.45, 7) is 1.04. The molecule has 3 heterocycles. The van der Waals surface area contributed by atoms with Gasteiger partial charge >= 0.3 is 18.4 Å². The summed E-state index contributed by atoms with van der Waals surface area (Å²) in [5, 5.41) is 0. The van der Waals surface area contributed by atoms with Crippen LogP contribution >= 0.6 is 0 Å². The van der Waals surface area contributed by atoms with Gasteiger partial charge in [-0.1, -0.05) is 12.1 Å². The molecule has 2 aromatic rings. The Balaban J connectivity index is 1.37. The second-order valence-electron chi connectivity index (χ2n) is 9.23. The van der Waals surface area contributed by atoms with E-state index in [0.29, 0.717) is 24.7 Å². The Bertz CT molecular complexity index is 1130. The van der Waals surface area contributed by atoms with Crippen molar-refractivity contribution in [3.63, 3.8) is 0 Å². The van der Waals surface area contributed by atoms with Gasteiger partial charge in [-0.2, -0.15) is 26.3 Å². The van der Waals surface area contributed by atoms with Crippen molar-refractivity contribution in [3.8, 4) is 11.5 Å². The van der Waals surface area contributed by atoms with Gasteiger partial charge in [0.2, 0.25) is 0 Å². The van der Waals surface area contributed by atoms with Crippen LogP contribution in [0.25, 0.3) is 0 Å². The van der Waals surface area contributed by atoms with Crippen molar-refractivity contribution in [2.45, 2.75) is 37.7 Å². The number of piperazine rings is 1. The van der Waals surface area contributed by atoms with Crippen molar-refractivity contribution >= 4 is 6.09 Å². The van der Waals surface area contributed by atoms with Gasteiger partial charge in [-0.25, -0.2) is 4.79 Å². The quantitative estimate of drug-likeness (QED) is 0.498. The van der Waals surface area contributed by atoms with Crippen molar-refractivity contribution in [2.24, 2.45) is 0 Å². The number of nitrogens with zero attached hydrogens (tertiary/aromatic N) is 2. The summed E-state index contributed by atoms with van der Waals surface area (Å²) in [6.07, 6.45) is -17.4. The molecule has 1 fully saturated rings. The van der Waals surface area contributed by atoms with E-state index in [4.69, 9.17) is 18.9 Å². The first-order valence-electron chi connectivity index (χ1n) is 12.0. The van der Waals surface area contributed by atoms with Crippen LogP contribution in [0.3, 0.4) is 0 Å². The molecule has 0 aliphatic carbocycles. The minimum Gasteiger partial charge on any atom is -0.467 e. The number of hydrogen-bond acceptors (Lipinski definition) is 7. The van der Waals surface area contributed by atoms with Gasteiger partial charge in [-0.3, -0.25) is 4.90 Å². The minimum atomic E-state index is -5.78. The minimum absolute atomic E-state index is 0.133. The number of hydrogen-bond donors (Lipinski definition) is 0. The number of carbonyl (C=O) groups is 1. The van der Waals surface area contributed by atoms with Gasteiger partial charge in [0.1, 0.15) is 11.5 Å². The Kier molecular flexibility index (Phi) is 7.53. The molecule has 2 aromatic carbocycles. The van der Waals surface area contributed by atoms with Crippen LogP contribution in [0, 0.1) is 0 Å². The summed E-state index contributed by atoms with van der Waals surface area (Å²) in [6, 6.07) is 10.9. The first kappa shape index (κ1) is 27.3. The molecule has 8 nitrogen and oxygen atoms in total. The zero-order valence-electron chi connectivity index (χ0n) is 20.4. The summed E-state index contributed by atoms with van der Waals surface area (Å²) >= 11 is 0. The van der Waals surface area contributed by atoms with Crippen LogP contribution in [0.2, 0.25) is 0 Å². The Hall–Kier alpha value is -3.23. The van der Waals surface area contributed by atoms with E-state index in [1.165, 1.54) is 0 Å². The van der Waals surface area contributed by atoms with E-state index in [2.05, 4.69) is 4.74 Å². The molecule has 3 aliphatic heterocycles. The number of amides is 1. The largest absolute Gasteiger partial charge is 0.467 e. The van der Waals surface area contributed by atoms with Gasteiger partial charge in [0.25, 0.3) is 6.10 Å². The molecule has 1 saturated heterocycles. The molecule has 0 unspecified atom stereocenters. The number of carbonyl (C=O) groups excluding carboxylic acids is 1. The Morgan fingerprint density at radius 3 is 1.72 bits per heavy atom. The summed E-state index contributed by atoms with van der Waals surface area (Å²) in [7, 11) is 0. The lowest BCUT2D eigenvalue weighted by molar-refractivity contribution is -0.308. The molecule has 0 aromatic heterocycles. The molecule has 3 aliphatic rings. The van der Waals surface area contributed by atoms with Crippen LogP contribution in [-0.4, -0.2) is 74.1 Å². The number of benzene rings is 2. The average Bonchev–Trinajstić information content (AvgIpc) is 2.91. The molecule has 0 atom stereocenters. The Labute approximate surface area is 218 Å². The van der Waals surface area contributed by atoms with Crippen LogP contribution in [-0.2, 0) is 27.4 Å². The molecule has 5 rings (SSSR count). The number of alkyl halides is 6. The monoisotopic (exact) mass is 562 g/mol. The second kappa shape index (κ2) is 10.7. The normalized spacial score (nSPS) is 18.3. The van der Waals surface area contributed by atoms with E-state index in [-0.39, 0.29) is 45.8 Å². The number of fused-ring (bicyclic) bond motifs is 2. The van der Waals surface area contributed by atoms with E-state index in [1.807, 2.05) is 41.3 Å². The van der Waals surface area contributed by atoms with Crippen LogP contribution in [0.1, 0.15) is 28.3 Å². The van der Waals surface area contributed by atoms with E-state index in [9.17, 15) is 31.1 Å². The summed E-state index contributed by atoms with van der Waals surface area (Å²) in [4.78, 5) is 15.1. The molecule has 14 heteroatoms. The fraction of sp³-hybridized carbons (Fsp3) is 0.480. The highest BCUT2D eigenvalue weighted by Crippen LogP contribution is 2.38. The lowest BCUT2D eigenvalue weighted by atomic mass is 9.93. The third-order valence-corrected chi connectivity index (χ3v) is 6.66. The molecular weight excluding hydrogens is 538 g/mol. The number of rotatable bonds is 4. The van der Waals surface area contributed by atoms with E-state index in [0.717, 1.165) is 27.2 Å². The third kappa shape index (κ3) is 6.02. The molecular formula is C25H24F6N2O6. The lowest BCUT2D eigenvalue weighted by Gasteiger charge is -2.40. The van der Waals surface area contributed by atoms with Gasteiger partial charge in [0, 0.05) is 37.3 Å². The molecule has 0 radical (unpaired) electrons. The lowest BCUT2D eigenvalue weighted by Crippen LogP contribution is -2.53. The molecule has 39 heavy (non-hydrogen) atoms. The van der Waals surface area contributed by atoms with Gasteiger partial charge in [-0.15, -0.1) is 0 Å². The SMILES string of the molecule is O=C(OC(C(F)(F)F)C(F)(F)F)N1CCN(C(c2ccc3c(c2)COCO3)c2ccc3c(c2)COCO3)CC1. The van der Waals surface area contributed by atoms with Gasteiger partial charge in [-0.05, 0) is 35.4 Å². The van der Waals surface area contributed by atoms with Gasteiger partial charge in [0.15, 0.2) is 13.6 Å². The summed E-state index contributed by atoms with van der Waals surface area (Å²) in [5.41, 5.74) is 3.40. The fourth-order valence-electron chi connectivity index (χ4n) is 4.83. The summed E-state index contributed by atoms with van der Waals surface area (Å²) in [5.74, 6) is 1.37. The first-order chi connectivity index (χ1) is 18.5. The molecule has 0 bridgehead atoms. The predicted molar refractivity (Wildman–Crippen MR) is 121 cm³/mol. The molecule has 0 N–H and O–H groups in total. The van der Waals surface area contributed by atoms with Crippen molar-refractivity contribution in [2.75, 3.05) is 39.8 Å².